The molecule has 3 heteroatoms. The summed E-state index contributed by atoms with van der Waals surface area (Å²) >= 11 is 0. The lowest BCUT2D eigenvalue weighted by Crippen LogP contribution is -2.45. The monoisotopic (exact) mass is 336 g/mol. The lowest BCUT2D eigenvalue weighted by molar-refractivity contribution is 0.0757. The predicted molar refractivity (Wildman–Crippen MR) is 106 cm³/mol. The van der Waals surface area contributed by atoms with E-state index in [0.717, 1.165) is 5.46 Å². The average Bonchev–Trinajstić information content (AvgIpc) is 2.74. The van der Waals surface area contributed by atoms with Crippen molar-refractivity contribution in [2.45, 2.75) is 65.6 Å². The molecule has 0 N–H and O–H groups in total. The summed E-state index contributed by atoms with van der Waals surface area (Å²) in [4.78, 5) is 0. The van der Waals surface area contributed by atoms with Crippen molar-refractivity contribution in [1.29, 1.82) is 0 Å². The number of benzene rings is 2. The molecule has 0 atom stereocenters. The van der Waals surface area contributed by atoms with E-state index in [1.165, 1.54) is 22.3 Å². The molecule has 0 aromatic heterocycles. The normalized spacial score (nSPS) is 15.2. The maximum absolute atomic E-state index is 6.32. The van der Waals surface area contributed by atoms with E-state index in [1.807, 2.05) is 0 Å². The van der Waals surface area contributed by atoms with Crippen LogP contribution in [-0.4, -0.2) is 18.8 Å². The molecule has 132 valence electrons. The molecule has 3 rings (SSSR count). The Labute approximate surface area is 152 Å². The lowest BCUT2D eigenvalue weighted by atomic mass is 9.72. The Morgan fingerprint density at radius 2 is 1.56 bits per heavy atom. The Balaban J connectivity index is 2.18. The van der Waals surface area contributed by atoms with Crippen molar-refractivity contribution in [2.75, 3.05) is 0 Å². The van der Waals surface area contributed by atoms with Gasteiger partial charge in [0.2, 0.25) is 0 Å². The molecule has 25 heavy (non-hydrogen) atoms. The molecule has 0 fully saturated rings. The van der Waals surface area contributed by atoms with E-state index in [9.17, 15) is 0 Å². The number of hydrogen-bond acceptors (Lipinski definition) is 2. The van der Waals surface area contributed by atoms with Gasteiger partial charge in [-0.3, -0.25) is 0 Å². The first-order chi connectivity index (χ1) is 11.6. The van der Waals surface area contributed by atoms with Crippen LogP contribution in [0.2, 0.25) is 0 Å². The van der Waals surface area contributed by atoms with E-state index in [2.05, 4.69) is 90.9 Å². The van der Waals surface area contributed by atoms with Gasteiger partial charge in [-0.15, -0.1) is 0 Å². The van der Waals surface area contributed by atoms with Gasteiger partial charge in [-0.2, -0.15) is 0 Å². The van der Waals surface area contributed by atoms with Crippen molar-refractivity contribution in [2.24, 2.45) is 0 Å². The van der Waals surface area contributed by atoms with Crippen molar-refractivity contribution >= 4 is 12.6 Å². The van der Waals surface area contributed by atoms with Crippen molar-refractivity contribution in [3.63, 3.8) is 0 Å². The maximum Gasteiger partial charge on any atom is 0.495 e. The van der Waals surface area contributed by atoms with Crippen LogP contribution < -0.4 is 5.46 Å². The minimum absolute atomic E-state index is 0.00789. The van der Waals surface area contributed by atoms with Crippen LogP contribution in [-0.2, 0) is 14.7 Å². The largest absolute Gasteiger partial charge is 0.495 e. The van der Waals surface area contributed by atoms with Crippen LogP contribution in [0.5, 0.6) is 0 Å². The zero-order chi connectivity index (χ0) is 18.4. The summed E-state index contributed by atoms with van der Waals surface area (Å²) < 4.78 is 12.5. The van der Waals surface area contributed by atoms with Gasteiger partial charge in [-0.1, -0.05) is 56.3 Å². The van der Waals surface area contributed by atoms with Gasteiger partial charge >= 0.3 is 7.12 Å². The molecule has 2 aromatic carbocycles. The summed E-state index contributed by atoms with van der Waals surface area (Å²) in [6.07, 6.45) is 0.0906. The fraction of sp³-hybridized carbons (Fsp3) is 0.455. The van der Waals surface area contributed by atoms with Crippen LogP contribution in [0.3, 0.4) is 0 Å². The zero-order valence-electron chi connectivity index (χ0n) is 16.5. The standard InChI is InChI=1S/C22H29BO2/c1-15(2)24-23(25-21(3,4)5)19-14-10-13-18-20(19)16-11-8-9-12-17(16)22(18,6)7/h8-15H,1-7H3. The van der Waals surface area contributed by atoms with Crippen molar-refractivity contribution in [1.82, 2.24) is 0 Å². The Hall–Kier alpha value is -1.58. The molecule has 0 spiro atoms. The van der Waals surface area contributed by atoms with E-state index >= 15 is 0 Å². The molecule has 0 saturated carbocycles. The summed E-state index contributed by atoms with van der Waals surface area (Å²) in [6, 6.07) is 15.2. The van der Waals surface area contributed by atoms with Crippen molar-refractivity contribution in [3.05, 3.63) is 53.6 Å². The smallest absolute Gasteiger partial charge is 0.405 e. The van der Waals surface area contributed by atoms with Crippen molar-refractivity contribution < 1.29 is 9.31 Å². The lowest BCUT2D eigenvalue weighted by Gasteiger charge is -2.28. The molecule has 1 aliphatic rings. The van der Waals surface area contributed by atoms with Crippen LogP contribution in [0.15, 0.2) is 42.5 Å². The van der Waals surface area contributed by atoms with Gasteiger partial charge in [-0.25, -0.2) is 0 Å². The van der Waals surface area contributed by atoms with Crippen LogP contribution in [0.4, 0.5) is 0 Å². The van der Waals surface area contributed by atoms with E-state index in [4.69, 9.17) is 9.31 Å². The Morgan fingerprint density at radius 3 is 2.20 bits per heavy atom. The molecule has 0 heterocycles. The molecule has 0 unspecified atom stereocenters. The second-order valence-corrected chi connectivity index (χ2v) is 8.69. The first kappa shape index (κ1) is 18.2. The van der Waals surface area contributed by atoms with E-state index in [-0.39, 0.29) is 24.2 Å². The number of rotatable bonds is 4. The SMILES string of the molecule is CC(C)OB(OC(C)(C)C)c1cccc2c1-c1ccccc1C2(C)C. The Bertz CT molecular complexity index is 772. The topological polar surface area (TPSA) is 18.5 Å². The van der Waals surface area contributed by atoms with Crippen LogP contribution >= 0.6 is 0 Å². The number of hydrogen-bond donors (Lipinski definition) is 0. The average molecular weight is 336 g/mol. The van der Waals surface area contributed by atoms with Gasteiger partial charge in [0, 0.05) is 17.1 Å². The third kappa shape index (κ3) is 3.40. The van der Waals surface area contributed by atoms with Gasteiger partial charge in [-0.05, 0) is 62.3 Å². The van der Waals surface area contributed by atoms with Gasteiger partial charge in [0.05, 0.1) is 0 Å². The highest BCUT2D eigenvalue weighted by Crippen LogP contribution is 2.47. The van der Waals surface area contributed by atoms with Gasteiger partial charge in [0.1, 0.15) is 0 Å². The predicted octanol–water partition coefficient (Wildman–Crippen LogP) is 4.93. The molecule has 0 amide bonds. The zero-order valence-corrected chi connectivity index (χ0v) is 16.5. The molecule has 2 nitrogen and oxygen atoms in total. The van der Waals surface area contributed by atoms with E-state index in [1.54, 1.807) is 0 Å². The maximum atomic E-state index is 6.32. The summed E-state index contributed by atoms with van der Waals surface area (Å²) in [6.45, 7) is 14.9. The number of fused-ring (bicyclic) bond motifs is 3. The quantitative estimate of drug-likeness (QED) is 0.737. The molecule has 0 bridgehead atoms. The summed E-state index contributed by atoms with van der Waals surface area (Å²) in [5.41, 5.74) is 6.13. The molecular formula is C22H29BO2. The minimum Gasteiger partial charge on any atom is -0.405 e. The molecule has 0 radical (unpaired) electrons. The summed E-state index contributed by atoms with van der Waals surface area (Å²) in [5.74, 6) is 0. The summed E-state index contributed by atoms with van der Waals surface area (Å²) in [7, 11) is -0.378. The molecule has 1 aliphatic carbocycles. The van der Waals surface area contributed by atoms with Crippen LogP contribution in [0.25, 0.3) is 11.1 Å². The van der Waals surface area contributed by atoms with E-state index in [0.29, 0.717) is 0 Å². The van der Waals surface area contributed by atoms with Crippen LogP contribution in [0.1, 0.15) is 59.6 Å². The third-order valence-corrected chi connectivity index (χ3v) is 4.75. The van der Waals surface area contributed by atoms with Gasteiger partial charge in [0.25, 0.3) is 0 Å². The molecule has 0 aliphatic heterocycles. The van der Waals surface area contributed by atoms with Gasteiger partial charge in [0.15, 0.2) is 0 Å². The molecule has 0 saturated heterocycles. The molecule has 2 aromatic rings. The fourth-order valence-corrected chi connectivity index (χ4v) is 3.71. The summed E-state index contributed by atoms with van der Waals surface area (Å²) in [5, 5.41) is 0. The van der Waals surface area contributed by atoms with Gasteiger partial charge < -0.3 is 9.31 Å². The Morgan fingerprint density at radius 1 is 0.920 bits per heavy atom. The van der Waals surface area contributed by atoms with Crippen LogP contribution in [0, 0.1) is 0 Å². The highest BCUT2D eigenvalue weighted by molar-refractivity contribution is 6.63. The first-order valence-corrected chi connectivity index (χ1v) is 9.18. The highest BCUT2D eigenvalue weighted by Gasteiger charge is 2.40. The Kier molecular flexibility index (Phi) is 4.59. The fourth-order valence-electron chi connectivity index (χ4n) is 3.71. The van der Waals surface area contributed by atoms with E-state index < -0.39 is 0 Å². The highest BCUT2D eigenvalue weighted by atomic mass is 16.6. The minimum atomic E-state index is -0.378. The first-order valence-electron chi connectivity index (χ1n) is 9.18. The third-order valence-electron chi connectivity index (χ3n) is 4.75. The second kappa shape index (κ2) is 6.30. The second-order valence-electron chi connectivity index (χ2n) is 8.69. The van der Waals surface area contributed by atoms with Crippen molar-refractivity contribution in [3.8, 4) is 11.1 Å². The molecular weight excluding hydrogens is 307 g/mol.